The molecule has 0 atom stereocenters. The van der Waals surface area contributed by atoms with Gasteiger partial charge in [0.15, 0.2) is 5.82 Å². The van der Waals surface area contributed by atoms with Crippen molar-refractivity contribution in [2.75, 3.05) is 0 Å². The number of hydrogen-bond acceptors (Lipinski definition) is 3. The van der Waals surface area contributed by atoms with E-state index in [2.05, 4.69) is 47.6 Å². The lowest BCUT2D eigenvalue weighted by Crippen LogP contribution is -1.95. The number of aryl methyl sites for hydroxylation is 3. The minimum absolute atomic E-state index is 0.803. The Morgan fingerprint density at radius 1 is 1.07 bits per heavy atom. The molecule has 0 bridgehead atoms. The van der Waals surface area contributed by atoms with Gasteiger partial charge in [0.25, 0.3) is 0 Å². The third-order valence-corrected chi connectivity index (χ3v) is 2.10. The summed E-state index contributed by atoms with van der Waals surface area (Å²) >= 11 is 0. The topological polar surface area (TPSA) is 43.6 Å². The fourth-order valence-corrected chi connectivity index (χ4v) is 1.58. The molecule has 72 valence electrons. The number of benzene rings is 1. The van der Waals surface area contributed by atoms with Gasteiger partial charge in [-0.1, -0.05) is 17.2 Å². The molecule has 2 aromatic rings. The Bertz CT molecular complexity index is 439. The summed E-state index contributed by atoms with van der Waals surface area (Å²) in [5.41, 5.74) is 3.51. The molecule has 0 fully saturated rings. The molecular formula is C10H12N4. The first kappa shape index (κ1) is 8.87. The van der Waals surface area contributed by atoms with Crippen molar-refractivity contribution in [3.05, 3.63) is 29.3 Å². The van der Waals surface area contributed by atoms with E-state index in [1.54, 1.807) is 4.68 Å². The molecule has 0 aliphatic heterocycles. The summed E-state index contributed by atoms with van der Waals surface area (Å²) in [5, 5.41) is 11.4. The molecule has 14 heavy (non-hydrogen) atoms. The highest BCUT2D eigenvalue weighted by Crippen LogP contribution is 2.18. The van der Waals surface area contributed by atoms with E-state index < -0.39 is 0 Å². The van der Waals surface area contributed by atoms with Gasteiger partial charge in [0.1, 0.15) is 0 Å². The Morgan fingerprint density at radius 3 is 2.21 bits per heavy atom. The van der Waals surface area contributed by atoms with Crippen LogP contribution >= 0.6 is 0 Å². The first-order valence-electron chi connectivity index (χ1n) is 4.48. The molecule has 4 heteroatoms. The van der Waals surface area contributed by atoms with Gasteiger partial charge < -0.3 is 0 Å². The van der Waals surface area contributed by atoms with Crippen molar-refractivity contribution in [1.29, 1.82) is 0 Å². The largest absolute Gasteiger partial charge is 0.229 e. The van der Waals surface area contributed by atoms with Crippen LogP contribution in [-0.4, -0.2) is 20.2 Å². The molecule has 0 aliphatic rings. The zero-order valence-corrected chi connectivity index (χ0v) is 8.52. The van der Waals surface area contributed by atoms with Crippen LogP contribution in [0.1, 0.15) is 11.1 Å². The quantitative estimate of drug-likeness (QED) is 0.681. The molecule has 0 saturated carbocycles. The standard InChI is InChI=1S/C10H12N4/c1-7-4-8(2)6-9(5-7)10-11-12-13-14(10)3/h4-6H,1-3H3. The van der Waals surface area contributed by atoms with Gasteiger partial charge in [0.05, 0.1) is 0 Å². The van der Waals surface area contributed by atoms with Crippen LogP contribution in [0.5, 0.6) is 0 Å². The first-order chi connectivity index (χ1) is 6.66. The van der Waals surface area contributed by atoms with Crippen LogP contribution in [0, 0.1) is 13.8 Å². The van der Waals surface area contributed by atoms with Crippen molar-refractivity contribution in [2.45, 2.75) is 13.8 Å². The van der Waals surface area contributed by atoms with E-state index in [0.29, 0.717) is 0 Å². The normalized spacial score (nSPS) is 10.5. The maximum absolute atomic E-state index is 3.97. The minimum atomic E-state index is 0.803. The molecular weight excluding hydrogens is 176 g/mol. The van der Waals surface area contributed by atoms with Crippen molar-refractivity contribution in [3.8, 4) is 11.4 Å². The third kappa shape index (κ3) is 1.51. The number of tetrazole rings is 1. The summed E-state index contributed by atoms with van der Waals surface area (Å²) in [6.07, 6.45) is 0. The number of hydrogen-bond donors (Lipinski definition) is 0. The van der Waals surface area contributed by atoms with Crippen LogP contribution < -0.4 is 0 Å². The van der Waals surface area contributed by atoms with Crippen LogP contribution in [-0.2, 0) is 7.05 Å². The molecule has 0 unspecified atom stereocenters. The summed E-state index contributed by atoms with van der Waals surface area (Å²) < 4.78 is 1.67. The summed E-state index contributed by atoms with van der Waals surface area (Å²) in [4.78, 5) is 0. The summed E-state index contributed by atoms with van der Waals surface area (Å²) in [7, 11) is 1.84. The Balaban J connectivity index is 2.57. The smallest absolute Gasteiger partial charge is 0.181 e. The average molecular weight is 188 g/mol. The molecule has 1 heterocycles. The van der Waals surface area contributed by atoms with Gasteiger partial charge in [-0.15, -0.1) is 5.10 Å². The van der Waals surface area contributed by atoms with E-state index in [1.807, 2.05) is 7.05 Å². The van der Waals surface area contributed by atoms with Crippen molar-refractivity contribution in [2.24, 2.45) is 7.05 Å². The van der Waals surface area contributed by atoms with E-state index >= 15 is 0 Å². The number of rotatable bonds is 1. The lowest BCUT2D eigenvalue weighted by atomic mass is 10.1. The van der Waals surface area contributed by atoms with E-state index in [-0.39, 0.29) is 0 Å². The van der Waals surface area contributed by atoms with Gasteiger partial charge in [0.2, 0.25) is 0 Å². The average Bonchev–Trinajstić information content (AvgIpc) is 2.49. The second kappa shape index (κ2) is 3.21. The van der Waals surface area contributed by atoms with Gasteiger partial charge in [-0.3, -0.25) is 0 Å². The summed E-state index contributed by atoms with van der Waals surface area (Å²) in [5.74, 6) is 0.803. The van der Waals surface area contributed by atoms with E-state index in [4.69, 9.17) is 0 Å². The maximum atomic E-state index is 3.97. The van der Waals surface area contributed by atoms with Crippen molar-refractivity contribution >= 4 is 0 Å². The zero-order valence-electron chi connectivity index (χ0n) is 8.52. The lowest BCUT2D eigenvalue weighted by molar-refractivity contribution is 0.714. The molecule has 1 aromatic heterocycles. The Hall–Kier alpha value is -1.71. The highest BCUT2D eigenvalue weighted by molar-refractivity contribution is 5.57. The summed E-state index contributed by atoms with van der Waals surface area (Å²) in [6, 6.07) is 6.30. The second-order valence-corrected chi connectivity index (χ2v) is 3.50. The molecule has 0 amide bonds. The third-order valence-electron chi connectivity index (χ3n) is 2.10. The van der Waals surface area contributed by atoms with E-state index in [0.717, 1.165) is 11.4 Å². The van der Waals surface area contributed by atoms with Crippen LogP contribution in [0.3, 0.4) is 0 Å². The zero-order chi connectivity index (χ0) is 10.1. The predicted molar refractivity (Wildman–Crippen MR) is 53.7 cm³/mol. The molecule has 2 rings (SSSR count). The van der Waals surface area contributed by atoms with Gasteiger partial charge in [-0.05, 0) is 36.4 Å². The SMILES string of the molecule is Cc1cc(C)cc(-c2nnnn2C)c1. The van der Waals surface area contributed by atoms with E-state index in [1.165, 1.54) is 11.1 Å². The highest BCUT2D eigenvalue weighted by atomic mass is 15.5. The Kier molecular flexibility index (Phi) is 2.04. The lowest BCUT2D eigenvalue weighted by Gasteiger charge is -2.02. The number of aromatic nitrogens is 4. The summed E-state index contributed by atoms with van der Waals surface area (Å²) in [6.45, 7) is 4.14. The first-order valence-corrected chi connectivity index (χ1v) is 4.48. The molecule has 0 saturated heterocycles. The van der Waals surface area contributed by atoms with Gasteiger partial charge in [-0.2, -0.15) is 0 Å². The van der Waals surface area contributed by atoms with Crippen molar-refractivity contribution in [1.82, 2.24) is 20.2 Å². The highest BCUT2D eigenvalue weighted by Gasteiger charge is 2.05. The van der Waals surface area contributed by atoms with Gasteiger partial charge >= 0.3 is 0 Å². The molecule has 1 aromatic carbocycles. The van der Waals surface area contributed by atoms with Crippen molar-refractivity contribution < 1.29 is 0 Å². The van der Waals surface area contributed by atoms with Crippen LogP contribution in [0.4, 0.5) is 0 Å². The molecule has 0 aliphatic carbocycles. The minimum Gasteiger partial charge on any atom is -0.229 e. The van der Waals surface area contributed by atoms with Crippen LogP contribution in [0.25, 0.3) is 11.4 Å². The fraction of sp³-hybridized carbons (Fsp3) is 0.300. The second-order valence-electron chi connectivity index (χ2n) is 3.50. The Morgan fingerprint density at radius 2 is 1.71 bits per heavy atom. The molecule has 0 N–H and O–H groups in total. The van der Waals surface area contributed by atoms with Gasteiger partial charge in [0, 0.05) is 12.6 Å². The fourth-order valence-electron chi connectivity index (χ4n) is 1.58. The monoisotopic (exact) mass is 188 g/mol. The molecule has 0 spiro atoms. The predicted octanol–water partition coefficient (Wildman–Crippen LogP) is 1.49. The molecule has 4 nitrogen and oxygen atoms in total. The van der Waals surface area contributed by atoms with Crippen LogP contribution in [0.15, 0.2) is 18.2 Å². The number of nitrogens with zero attached hydrogens (tertiary/aromatic N) is 4. The maximum Gasteiger partial charge on any atom is 0.181 e. The van der Waals surface area contributed by atoms with E-state index in [9.17, 15) is 0 Å². The van der Waals surface area contributed by atoms with Gasteiger partial charge in [-0.25, -0.2) is 4.68 Å². The van der Waals surface area contributed by atoms with Crippen LogP contribution in [0.2, 0.25) is 0 Å². The Labute approximate surface area is 82.6 Å². The molecule has 0 radical (unpaired) electrons. The van der Waals surface area contributed by atoms with Crippen molar-refractivity contribution in [3.63, 3.8) is 0 Å².